The van der Waals surface area contributed by atoms with Gasteiger partial charge in [-0.1, -0.05) is 35.9 Å². The first kappa shape index (κ1) is 18.1. The SMILES string of the molecule is COc1cccc(OC)c1C(=O)N1CCNC(=O)C1c1ccccc1Cl. The van der Waals surface area contributed by atoms with E-state index >= 15 is 0 Å². The van der Waals surface area contributed by atoms with E-state index in [4.69, 9.17) is 21.1 Å². The Kier molecular flexibility index (Phi) is 5.32. The highest BCUT2D eigenvalue weighted by Gasteiger charge is 2.37. The number of rotatable bonds is 4. The van der Waals surface area contributed by atoms with E-state index in [1.54, 1.807) is 42.5 Å². The highest BCUT2D eigenvalue weighted by molar-refractivity contribution is 6.31. The lowest BCUT2D eigenvalue weighted by molar-refractivity contribution is -0.128. The molecule has 0 spiro atoms. The van der Waals surface area contributed by atoms with Crippen molar-refractivity contribution in [2.75, 3.05) is 27.3 Å². The zero-order valence-electron chi connectivity index (χ0n) is 14.5. The molecule has 2 aromatic carbocycles. The maximum absolute atomic E-state index is 13.3. The van der Waals surface area contributed by atoms with E-state index in [1.807, 2.05) is 0 Å². The average Bonchev–Trinajstić information content (AvgIpc) is 2.67. The van der Waals surface area contributed by atoms with Gasteiger partial charge in [0.2, 0.25) is 5.91 Å². The lowest BCUT2D eigenvalue weighted by Gasteiger charge is -2.36. The Labute approximate surface area is 156 Å². The topological polar surface area (TPSA) is 67.9 Å². The Morgan fingerprint density at radius 3 is 2.38 bits per heavy atom. The van der Waals surface area contributed by atoms with E-state index < -0.39 is 6.04 Å². The second kappa shape index (κ2) is 7.66. The number of amides is 2. The lowest BCUT2D eigenvalue weighted by Crippen LogP contribution is -2.52. The third-order valence-corrected chi connectivity index (χ3v) is 4.66. The van der Waals surface area contributed by atoms with E-state index in [0.29, 0.717) is 35.2 Å². The molecule has 1 fully saturated rings. The smallest absolute Gasteiger partial charge is 0.262 e. The van der Waals surface area contributed by atoms with Crippen LogP contribution in [0.4, 0.5) is 0 Å². The molecule has 1 aliphatic heterocycles. The molecule has 1 saturated heterocycles. The number of nitrogens with zero attached hydrogens (tertiary/aromatic N) is 1. The standard InChI is InChI=1S/C19H19ClN2O4/c1-25-14-8-5-9-15(26-2)16(14)19(24)22-11-10-21-18(23)17(22)12-6-3-4-7-13(12)20/h3-9,17H,10-11H2,1-2H3,(H,21,23). The second-order valence-electron chi connectivity index (χ2n) is 5.75. The molecule has 0 bridgehead atoms. The molecule has 0 saturated carbocycles. The van der Waals surface area contributed by atoms with Crippen LogP contribution in [0, 0.1) is 0 Å². The van der Waals surface area contributed by atoms with Gasteiger partial charge in [0, 0.05) is 23.7 Å². The highest BCUT2D eigenvalue weighted by Crippen LogP contribution is 2.35. The zero-order chi connectivity index (χ0) is 18.7. The summed E-state index contributed by atoms with van der Waals surface area (Å²) in [6.45, 7) is 0.713. The maximum atomic E-state index is 13.3. The Morgan fingerprint density at radius 1 is 1.12 bits per heavy atom. The van der Waals surface area contributed by atoms with E-state index in [0.717, 1.165) is 0 Å². The van der Waals surface area contributed by atoms with Crippen LogP contribution in [0.2, 0.25) is 5.02 Å². The van der Waals surface area contributed by atoms with E-state index in [9.17, 15) is 9.59 Å². The maximum Gasteiger partial charge on any atom is 0.262 e. The first-order valence-corrected chi connectivity index (χ1v) is 8.50. The van der Waals surface area contributed by atoms with Crippen LogP contribution in [0.1, 0.15) is 22.0 Å². The van der Waals surface area contributed by atoms with Gasteiger partial charge in [-0.25, -0.2) is 0 Å². The molecule has 7 heteroatoms. The molecule has 136 valence electrons. The monoisotopic (exact) mass is 374 g/mol. The quantitative estimate of drug-likeness (QED) is 0.893. The molecule has 0 aromatic heterocycles. The van der Waals surface area contributed by atoms with Crippen LogP contribution in [0.25, 0.3) is 0 Å². The van der Waals surface area contributed by atoms with Crippen LogP contribution >= 0.6 is 11.6 Å². The van der Waals surface area contributed by atoms with Gasteiger partial charge in [-0.3, -0.25) is 9.59 Å². The summed E-state index contributed by atoms with van der Waals surface area (Å²) in [6, 6.07) is 11.3. The van der Waals surface area contributed by atoms with Crippen molar-refractivity contribution in [1.29, 1.82) is 0 Å². The van der Waals surface area contributed by atoms with Crippen molar-refractivity contribution in [3.8, 4) is 11.5 Å². The average molecular weight is 375 g/mol. The molecule has 0 radical (unpaired) electrons. The summed E-state index contributed by atoms with van der Waals surface area (Å²) >= 11 is 6.29. The molecule has 2 amide bonds. The van der Waals surface area contributed by atoms with Crippen LogP contribution < -0.4 is 14.8 Å². The molecule has 2 aromatic rings. The normalized spacial score (nSPS) is 16.8. The summed E-state index contributed by atoms with van der Waals surface area (Å²) in [5.41, 5.74) is 0.859. The molecule has 1 N–H and O–H groups in total. The number of methoxy groups -OCH3 is 2. The molecule has 1 aliphatic rings. The van der Waals surface area contributed by atoms with Gasteiger partial charge in [-0.15, -0.1) is 0 Å². The summed E-state index contributed by atoms with van der Waals surface area (Å²) in [6.07, 6.45) is 0. The van der Waals surface area contributed by atoms with Gasteiger partial charge in [0.15, 0.2) is 0 Å². The highest BCUT2D eigenvalue weighted by atomic mass is 35.5. The number of piperazine rings is 1. The summed E-state index contributed by atoms with van der Waals surface area (Å²) in [5.74, 6) is 0.155. The van der Waals surface area contributed by atoms with Crippen molar-refractivity contribution in [2.24, 2.45) is 0 Å². The van der Waals surface area contributed by atoms with Gasteiger partial charge < -0.3 is 19.7 Å². The van der Waals surface area contributed by atoms with Gasteiger partial charge in [-0.05, 0) is 18.2 Å². The van der Waals surface area contributed by atoms with Crippen molar-refractivity contribution < 1.29 is 19.1 Å². The van der Waals surface area contributed by atoms with Crippen molar-refractivity contribution in [3.05, 3.63) is 58.6 Å². The number of benzene rings is 2. The third kappa shape index (κ3) is 3.20. The number of hydrogen-bond acceptors (Lipinski definition) is 4. The van der Waals surface area contributed by atoms with Crippen molar-refractivity contribution in [2.45, 2.75) is 6.04 Å². The van der Waals surface area contributed by atoms with Crippen molar-refractivity contribution >= 4 is 23.4 Å². The van der Waals surface area contributed by atoms with Crippen LogP contribution in [-0.4, -0.2) is 44.0 Å². The van der Waals surface area contributed by atoms with Gasteiger partial charge in [0.1, 0.15) is 23.1 Å². The number of carbonyl (C=O) groups excluding carboxylic acids is 2. The minimum Gasteiger partial charge on any atom is -0.496 e. The predicted molar refractivity (Wildman–Crippen MR) is 97.8 cm³/mol. The lowest BCUT2D eigenvalue weighted by atomic mass is 10.0. The second-order valence-corrected chi connectivity index (χ2v) is 6.16. The molecule has 0 aliphatic carbocycles. The minimum atomic E-state index is -0.820. The number of halogens is 1. The predicted octanol–water partition coefficient (Wildman–Crippen LogP) is 2.67. The van der Waals surface area contributed by atoms with Crippen molar-refractivity contribution in [3.63, 3.8) is 0 Å². The fourth-order valence-corrected chi connectivity index (χ4v) is 3.34. The molecular formula is C19H19ClN2O4. The number of ether oxygens (including phenoxy) is 2. The van der Waals surface area contributed by atoms with E-state index in [-0.39, 0.29) is 17.4 Å². The van der Waals surface area contributed by atoms with Crippen molar-refractivity contribution in [1.82, 2.24) is 10.2 Å². The molecule has 26 heavy (non-hydrogen) atoms. The fraction of sp³-hybridized carbons (Fsp3) is 0.263. The first-order valence-electron chi connectivity index (χ1n) is 8.12. The molecule has 1 unspecified atom stereocenters. The summed E-state index contributed by atoms with van der Waals surface area (Å²) in [4.78, 5) is 27.4. The Balaban J connectivity index is 2.08. The van der Waals surface area contributed by atoms with Gasteiger partial charge >= 0.3 is 0 Å². The Morgan fingerprint density at radius 2 is 1.77 bits per heavy atom. The Hall–Kier alpha value is -2.73. The van der Waals surface area contributed by atoms with E-state index in [1.165, 1.54) is 19.1 Å². The largest absolute Gasteiger partial charge is 0.496 e. The molecule has 6 nitrogen and oxygen atoms in total. The summed E-state index contributed by atoms with van der Waals surface area (Å²) < 4.78 is 10.7. The zero-order valence-corrected chi connectivity index (χ0v) is 15.2. The van der Waals surface area contributed by atoms with E-state index in [2.05, 4.69) is 5.32 Å². The van der Waals surface area contributed by atoms with Gasteiger partial charge in [0.25, 0.3) is 5.91 Å². The van der Waals surface area contributed by atoms with Gasteiger partial charge in [-0.2, -0.15) is 0 Å². The minimum absolute atomic E-state index is 0.272. The molecular weight excluding hydrogens is 356 g/mol. The number of hydrogen-bond donors (Lipinski definition) is 1. The van der Waals surface area contributed by atoms with Crippen LogP contribution in [0.15, 0.2) is 42.5 Å². The molecule has 3 rings (SSSR count). The number of nitrogens with one attached hydrogen (secondary N) is 1. The van der Waals surface area contributed by atoms with Gasteiger partial charge in [0.05, 0.1) is 14.2 Å². The number of carbonyl (C=O) groups is 2. The molecule has 1 atom stereocenters. The third-order valence-electron chi connectivity index (χ3n) is 4.31. The summed E-state index contributed by atoms with van der Waals surface area (Å²) in [5, 5.41) is 3.23. The van der Waals surface area contributed by atoms with Crippen LogP contribution in [-0.2, 0) is 4.79 Å². The fourth-order valence-electron chi connectivity index (χ4n) is 3.10. The van der Waals surface area contributed by atoms with Crippen LogP contribution in [0.5, 0.6) is 11.5 Å². The summed E-state index contributed by atoms with van der Waals surface area (Å²) in [7, 11) is 2.97. The first-order chi connectivity index (χ1) is 12.6. The molecule has 1 heterocycles. The Bertz CT molecular complexity index is 818. The van der Waals surface area contributed by atoms with Crippen LogP contribution in [0.3, 0.4) is 0 Å².